The molecule has 0 saturated carbocycles. The van der Waals surface area contributed by atoms with Crippen molar-refractivity contribution in [2.45, 2.75) is 23.6 Å². The van der Waals surface area contributed by atoms with Gasteiger partial charge in [-0.25, -0.2) is 4.99 Å². The summed E-state index contributed by atoms with van der Waals surface area (Å²) in [6.45, 7) is -1.33. The number of aliphatic imine (C=N–C) groups is 1. The molecule has 0 aromatic heterocycles. The van der Waals surface area contributed by atoms with Crippen LogP contribution in [0, 0.1) is 0 Å². The summed E-state index contributed by atoms with van der Waals surface area (Å²) in [5.41, 5.74) is 1.01. The number of rotatable bonds is 3. The van der Waals surface area contributed by atoms with E-state index in [2.05, 4.69) is 4.99 Å². The second-order valence-corrected chi connectivity index (χ2v) is 7.23. The van der Waals surface area contributed by atoms with E-state index in [0.29, 0.717) is 12.0 Å². The Morgan fingerprint density at radius 2 is 1.92 bits per heavy atom. The molecule has 0 saturated heterocycles. The number of benzene rings is 2. The average molecular weight is 446 g/mol. The first kappa shape index (κ1) is 19.3. The van der Waals surface area contributed by atoms with Gasteiger partial charge in [-0.2, -0.15) is 13.2 Å². The summed E-state index contributed by atoms with van der Waals surface area (Å²) >= 11 is 1.49. The Hall–Kier alpha value is -1.51. The number of aliphatic hydroxyl groups is 1. The van der Waals surface area contributed by atoms with Crippen LogP contribution in [0.3, 0.4) is 0 Å². The molecule has 1 heterocycles. The molecule has 1 aliphatic carbocycles. The fourth-order valence-corrected chi connectivity index (χ4v) is 4.49. The van der Waals surface area contributed by atoms with Crippen LogP contribution in [0.15, 0.2) is 53.5 Å². The fraction of sp³-hybridized carbons (Fsp3) is 0.278. The number of halogens is 4. The minimum Gasteiger partial charge on any atom is -0.484 e. The highest BCUT2D eigenvalue weighted by atomic mass is 79.9. The molecule has 2 atom stereocenters. The lowest BCUT2D eigenvalue weighted by molar-refractivity contribution is -0.153. The Morgan fingerprint density at radius 1 is 1.19 bits per heavy atom. The number of fused-ring (bicyclic) bond motifs is 3. The minimum atomic E-state index is -4.38. The van der Waals surface area contributed by atoms with Crippen molar-refractivity contribution in [2.75, 3.05) is 6.61 Å². The third kappa shape index (κ3) is 3.50. The molecular weight excluding hydrogens is 431 g/mol. The monoisotopic (exact) mass is 445 g/mol. The number of nitrogens with zero attached hydrogens (tertiary/aromatic N) is 1. The molecule has 2 unspecified atom stereocenters. The third-order valence-corrected chi connectivity index (χ3v) is 5.61. The van der Waals surface area contributed by atoms with Gasteiger partial charge in [0.15, 0.2) is 12.3 Å². The predicted molar refractivity (Wildman–Crippen MR) is 100 cm³/mol. The van der Waals surface area contributed by atoms with Crippen molar-refractivity contribution in [3.05, 3.63) is 65.2 Å². The molecule has 8 heteroatoms. The van der Waals surface area contributed by atoms with Crippen molar-refractivity contribution in [2.24, 2.45) is 4.99 Å². The van der Waals surface area contributed by atoms with E-state index in [1.165, 1.54) is 17.8 Å². The molecule has 2 aromatic rings. The van der Waals surface area contributed by atoms with Crippen LogP contribution in [0.2, 0.25) is 0 Å². The minimum absolute atomic E-state index is 0. The lowest BCUT2D eigenvalue weighted by atomic mass is 10.1. The lowest BCUT2D eigenvalue weighted by Gasteiger charge is -2.19. The number of alkyl halides is 3. The highest BCUT2D eigenvalue weighted by molar-refractivity contribution is 8.93. The van der Waals surface area contributed by atoms with E-state index in [0.717, 1.165) is 16.2 Å². The normalized spacial score (nSPS) is 23.7. The summed E-state index contributed by atoms with van der Waals surface area (Å²) in [6, 6.07) is 14.2. The van der Waals surface area contributed by atoms with E-state index >= 15 is 0 Å². The summed E-state index contributed by atoms with van der Waals surface area (Å²) in [5.74, 6) is 0.150. The lowest BCUT2D eigenvalue weighted by Crippen LogP contribution is -2.27. The zero-order valence-electron chi connectivity index (χ0n) is 13.4. The molecule has 2 aliphatic rings. The second-order valence-electron chi connectivity index (χ2n) is 6.04. The van der Waals surface area contributed by atoms with Crippen LogP contribution in [0.5, 0.6) is 5.75 Å². The fourth-order valence-electron chi connectivity index (χ4n) is 3.15. The first-order valence-corrected chi connectivity index (χ1v) is 8.60. The average Bonchev–Trinajstić information content (AvgIpc) is 3.03. The van der Waals surface area contributed by atoms with Crippen LogP contribution in [0.25, 0.3) is 0 Å². The zero-order valence-corrected chi connectivity index (χ0v) is 15.9. The van der Waals surface area contributed by atoms with E-state index < -0.39 is 18.5 Å². The van der Waals surface area contributed by atoms with Crippen LogP contribution >= 0.6 is 28.7 Å². The maximum atomic E-state index is 12.3. The smallest absolute Gasteiger partial charge is 0.422 e. The predicted octanol–water partition coefficient (Wildman–Crippen LogP) is 4.47. The highest BCUT2D eigenvalue weighted by Gasteiger charge is 2.51. The number of thioether (sulfide) groups is 1. The van der Waals surface area contributed by atoms with E-state index in [9.17, 15) is 18.3 Å². The van der Waals surface area contributed by atoms with Crippen LogP contribution in [0.1, 0.15) is 16.7 Å². The molecule has 1 N–H and O–H groups in total. The third-order valence-electron chi connectivity index (χ3n) is 4.28. The molecule has 0 radical (unpaired) electrons. The van der Waals surface area contributed by atoms with Gasteiger partial charge < -0.3 is 9.84 Å². The Morgan fingerprint density at radius 3 is 2.62 bits per heavy atom. The molecule has 26 heavy (non-hydrogen) atoms. The van der Waals surface area contributed by atoms with Crippen LogP contribution < -0.4 is 4.74 Å². The first-order valence-electron chi connectivity index (χ1n) is 7.72. The van der Waals surface area contributed by atoms with Crippen molar-refractivity contribution in [3.8, 4) is 5.75 Å². The second kappa shape index (κ2) is 6.90. The Labute approximate surface area is 163 Å². The number of hydrogen-bond acceptors (Lipinski definition) is 4. The molecule has 138 valence electrons. The SMILES string of the molecule is Br.OC12N=C(c3ccccc3)SC1Cc1cc(OCC(F)(F)F)ccc12. The van der Waals surface area contributed by atoms with E-state index in [1.54, 1.807) is 12.1 Å². The molecule has 0 bridgehead atoms. The summed E-state index contributed by atoms with van der Waals surface area (Å²) in [4.78, 5) is 4.52. The van der Waals surface area contributed by atoms with Gasteiger partial charge in [0.25, 0.3) is 0 Å². The number of hydrogen-bond donors (Lipinski definition) is 1. The largest absolute Gasteiger partial charge is 0.484 e. The van der Waals surface area contributed by atoms with Crippen LogP contribution in [-0.4, -0.2) is 28.2 Å². The quantitative estimate of drug-likeness (QED) is 0.757. The maximum absolute atomic E-state index is 12.3. The first-order chi connectivity index (χ1) is 11.9. The van der Waals surface area contributed by atoms with Gasteiger partial charge >= 0.3 is 6.18 Å². The van der Waals surface area contributed by atoms with Crippen molar-refractivity contribution in [1.29, 1.82) is 0 Å². The standard InChI is InChI=1S/C18H14F3NO2S.BrH/c19-17(20,21)10-24-13-6-7-14-12(8-13)9-15-18(14,23)22-16(25-15)11-4-2-1-3-5-11;/h1-8,15,23H,9-10H2;1H. The molecule has 0 fully saturated rings. The molecule has 0 spiro atoms. The van der Waals surface area contributed by atoms with Gasteiger partial charge in [-0.1, -0.05) is 48.2 Å². The molecule has 4 rings (SSSR count). The van der Waals surface area contributed by atoms with E-state index in [1.807, 2.05) is 30.3 Å². The summed E-state index contributed by atoms with van der Waals surface area (Å²) < 4.78 is 41.6. The molecule has 2 aromatic carbocycles. The summed E-state index contributed by atoms with van der Waals surface area (Å²) in [5, 5.41) is 11.6. The van der Waals surface area contributed by atoms with Crippen LogP contribution in [0.4, 0.5) is 13.2 Å². The van der Waals surface area contributed by atoms with Gasteiger partial charge in [-0.05, 0) is 24.1 Å². The van der Waals surface area contributed by atoms with Crippen molar-refractivity contribution in [3.63, 3.8) is 0 Å². The van der Waals surface area contributed by atoms with Gasteiger partial charge in [0.05, 0.1) is 5.25 Å². The summed E-state index contributed by atoms with van der Waals surface area (Å²) in [7, 11) is 0. The molecule has 0 amide bonds. The van der Waals surface area contributed by atoms with Gasteiger partial charge in [0.1, 0.15) is 10.8 Å². The molecule has 1 aliphatic heterocycles. The van der Waals surface area contributed by atoms with Crippen molar-refractivity contribution in [1.82, 2.24) is 0 Å². The van der Waals surface area contributed by atoms with Gasteiger partial charge in [-0.3, -0.25) is 0 Å². The van der Waals surface area contributed by atoms with Gasteiger partial charge in [0, 0.05) is 11.1 Å². The molecular formula is C18H15BrF3NO2S. The Bertz CT molecular complexity index is 844. The van der Waals surface area contributed by atoms with Gasteiger partial charge in [-0.15, -0.1) is 17.0 Å². The Kier molecular flexibility index (Phi) is 5.11. The molecule has 3 nitrogen and oxygen atoms in total. The van der Waals surface area contributed by atoms with Crippen molar-refractivity contribution < 1.29 is 23.0 Å². The Balaban J connectivity index is 0.00000196. The zero-order chi connectivity index (χ0) is 17.7. The van der Waals surface area contributed by atoms with Crippen LogP contribution in [-0.2, 0) is 12.1 Å². The summed E-state index contributed by atoms with van der Waals surface area (Å²) in [6.07, 6.45) is -3.85. The van der Waals surface area contributed by atoms with E-state index in [4.69, 9.17) is 4.74 Å². The topological polar surface area (TPSA) is 41.8 Å². The number of ether oxygens (including phenoxy) is 1. The van der Waals surface area contributed by atoms with Gasteiger partial charge in [0.2, 0.25) is 0 Å². The highest BCUT2D eigenvalue weighted by Crippen LogP contribution is 2.50. The van der Waals surface area contributed by atoms with E-state index in [-0.39, 0.29) is 28.0 Å². The van der Waals surface area contributed by atoms with Crippen molar-refractivity contribution >= 4 is 33.8 Å². The maximum Gasteiger partial charge on any atom is 0.422 e.